The maximum Gasteiger partial charge on any atom is 0.268 e. The number of likely N-dealkylation sites (N-methyl/N-ethyl adjacent to an activating group) is 1. The van der Waals surface area contributed by atoms with Crippen molar-refractivity contribution in [2.24, 2.45) is 4.40 Å². The van der Waals surface area contributed by atoms with E-state index in [4.69, 9.17) is 4.74 Å². The Kier molecular flexibility index (Phi) is 6.11. The Morgan fingerprint density at radius 2 is 1.67 bits per heavy atom. The Morgan fingerprint density at radius 1 is 1.04 bits per heavy atom. The Hall–Kier alpha value is -1.99. The number of hydrogen-bond acceptors (Lipinski definition) is 5. The zero-order chi connectivity index (χ0) is 19.4. The van der Waals surface area contributed by atoms with Crippen LogP contribution < -0.4 is 4.74 Å². The molecule has 0 amide bonds. The van der Waals surface area contributed by atoms with Gasteiger partial charge in [-0.1, -0.05) is 30.3 Å². The first-order valence-electron chi connectivity index (χ1n) is 8.94. The summed E-state index contributed by atoms with van der Waals surface area (Å²) in [5.74, 6) is 1.04. The Morgan fingerprint density at radius 3 is 2.22 bits per heavy atom. The lowest BCUT2D eigenvalue weighted by molar-refractivity contribution is 0.414. The molecule has 0 radical (unpaired) electrons. The van der Waals surface area contributed by atoms with Gasteiger partial charge in [-0.25, -0.2) is 8.42 Å². The van der Waals surface area contributed by atoms with Gasteiger partial charge >= 0.3 is 0 Å². The zero-order valence-electron chi connectivity index (χ0n) is 15.7. The van der Waals surface area contributed by atoms with E-state index in [9.17, 15) is 8.42 Å². The molecule has 0 aliphatic carbocycles. The predicted molar refractivity (Wildman–Crippen MR) is 111 cm³/mol. The highest BCUT2D eigenvalue weighted by molar-refractivity contribution is 8.13. The average Bonchev–Trinajstić information content (AvgIpc) is 2.94. The first-order valence-corrected chi connectivity index (χ1v) is 11.3. The smallest absolute Gasteiger partial charge is 0.268 e. The van der Waals surface area contributed by atoms with Crippen molar-refractivity contribution in [3.05, 3.63) is 60.2 Å². The Bertz CT molecular complexity index is 893. The van der Waals surface area contributed by atoms with Crippen LogP contribution in [-0.2, 0) is 10.0 Å². The minimum atomic E-state index is -3.63. The molecule has 7 heteroatoms. The molecule has 2 atom stereocenters. The number of methoxy groups -OCH3 is 1. The molecule has 2 aromatic carbocycles. The molecule has 144 valence electrons. The zero-order valence-corrected chi connectivity index (χ0v) is 17.3. The lowest BCUT2D eigenvalue weighted by Gasteiger charge is -2.27. The van der Waals surface area contributed by atoms with Gasteiger partial charge in [0.05, 0.1) is 13.0 Å². The molecule has 5 nitrogen and oxygen atoms in total. The van der Waals surface area contributed by atoms with Crippen LogP contribution >= 0.6 is 11.8 Å². The van der Waals surface area contributed by atoms with Gasteiger partial charge in [0.1, 0.15) is 16.2 Å². The van der Waals surface area contributed by atoms with Crippen molar-refractivity contribution in [2.45, 2.75) is 29.2 Å². The van der Waals surface area contributed by atoms with Gasteiger partial charge in [-0.05, 0) is 43.7 Å². The molecule has 0 bridgehead atoms. The van der Waals surface area contributed by atoms with Gasteiger partial charge in [0, 0.05) is 18.0 Å². The fourth-order valence-corrected chi connectivity index (χ4v) is 6.38. The highest BCUT2D eigenvalue weighted by Gasteiger charge is 2.46. The van der Waals surface area contributed by atoms with E-state index in [1.165, 1.54) is 11.8 Å². The van der Waals surface area contributed by atoms with Gasteiger partial charge in [0.15, 0.2) is 0 Å². The van der Waals surface area contributed by atoms with Crippen molar-refractivity contribution in [3.8, 4) is 5.75 Å². The van der Waals surface area contributed by atoms with Crippen molar-refractivity contribution < 1.29 is 13.2 Å². The SMILES string of the molecule is CCN(CC)C1=NS(=O)(=O)[C@H](Sc2ccccc2)[C@@H]1c1ccc(OC)cc1. The van der Waals surface area contributed by atoms with E-state index < -0.39 is 14.6 Å². The summed E-state index contributed by atoms with van der Waals surface area (Å²) < 4.78 is 34.7. The molecule has 1 aliphatic heterocycles. The summed E-state index contributed by atoms with van der Waals surface area (Å²) in [7, 11) is -2.02. The minimum absolute atomic E-state index is 0.328. The fraction of sp³-hybridized carbons (Fsp3) is 0.350. The van der Waals surface area contributed by atoms with Crippen LogP contribution in [0.3, 0.4) is 0 Å². The van der Waals surface area contributed by atoms with Crippen LogP contribution in [0.1, 0.15) is 25.3 Å². The monoisotopic (exact) mass is 404 g/mol. The van der Waals surface area contributed by atoms with Crippen LogP contribution in [-0.4, -0.2) is 43.9 Å². The third-order valence-corrected chi connectivity index (χ3v) is 7.99. The van der Waals surface area contributed by atoms with Crippen molar-refractivity contribution in [2.75, 3.05) is 20.2 Å². The highest BCUT2D eigenvalue weighted by atomic mass is 32.3. The van der Waals surface area contributed by atoms with Crippen LogP contribution in [0, 0.1) is 0 Å². The predicted octanol–water partition coefficient (Wildman–Crippen LogP) is 3.98. The van der Waals surface area contributed by atoms with Crippen LogP contribution in [0.5, 0.6) is 5.75 Å². The molecule has 0 aromatic heterocycles. The first-order chi connectivity index (χ1) is 13.0. The molecule has 0 fully saturated rings. The van der Waals surface area contributed by atoms with Crippen molar-refractivity contribution >= 4 is 27.6 Å². The van der Waals surface area contributed by atoms with Crippen molar-refractivity contribution in [1.82, 2.24) is 4.90 Å². The number of hydrogen-bond donors (Lipinski definition) is 0. The molecule has 0 N–H and O–H groups in total. The Balaban J connectivity index is 2.05. The third kappa shape index (κ3) is 4.14. The van der Waals surface area contributed by atoms with E-state index in [-0.39, 0.29) is 5.92 Å². The first kappa shape index (κ1) is 19.8. The van der Waals surface area contributed by atoms with Crippen LogP contribution in [0.2, 0.25) is 0 Å². The molecular weight excluding hydrogens is 380 g/mol. The number of thioether (sulfide) groups is 1. The van der Waals surface area contributed by atoms with Gasteiger partial charge in [-0.15, -0.1) is 16.2 Å². The van der Waals surface area contributed by atoms with Gasteiger partial charge in [0.2, 0.25) is 0 Å². The molecule has 2 aromatic rings. The molecular formula is C20H24N2O3S2. The van der Waals surface area contributed by atoms with Crippen LogP contribution in [0.25, 0.3) is 0 Å². The normalized spacial score (nSPS) is 20.9. The highest BCUT2D eigenvalue weighted by Crippen LogP contribution is 2.44. The molecule has 3 rings (SSSR count). The van der Waals surface area contributed by atoms with E-state index in [1.807, 2.05) is 73.3 Å². The van der Waals surface area contributed by atoms with Crippen molar-refractivity contribution in [3.63, 3.8) is 0 Å². The number of nitrogens with zero attached hydrogens (tertiary/aromatic N) is 2. The largest absolute Gasteiger partial charge is 0.497 e. The molecule has 0 saturated carbocycles. The van der Waals surface area contributed by atoms with Gasteiger partial charge in [-0.2, -0.15) is 0 Å². The van der Waals surface area contributed by atoms with E-state index in [2.05, 4.69) is 4.40 Å². The third-order valence-electron chi connectivity index (χ3n) is 4.62. The van der Waals surface area contributed by atoms with Crippen LogP contribution in [0.15, 0.2) is 63.9 Å². The van der Waals surface area contributed by atoms with Gasteiger partial charge in [0.25, 0.3) is 10.0 Å². The summed E-state index contributed by atoms with van der Waals surface area (Å²) in [4.78, 5) is 2.94. The second kappa shape index (κ2) is 8.35. The van der Waals surface area contributed by atoms with E-state index in [0.29, 0.717) is 18.9 Å². The number of rotatable bonds is 6. The summed E-state index contributed by atoms with van der Waals surface area (Å²) in [6.45, 7) is 5.45. The fourth-order valence-electron chi connectivity index (χ4n) is 3.21. The minimum Gasteiger partial charge on any atom is -0.497 e. The number of ether oxygens (including phenoxy) is 1. The maximum absolute atomic E-state index is 13.0. The molecule has 27 heavy (non-hydrogen) atoms. The molecule has 1 aliphatic rings. The lowest BCUT2D eigenvalue weighted by Crippen LogP contribution is -2.35. The van der Waals surface area contributed by atoms with Gasteiger partial charge < -0.3 is 9.64 Å². The summed E-state index contributed by atoms with van der Waals surface area (Å²) in [5, 5.41) is 0. The second-order valence-corrected chi connectivity index (χ2v) is 9.42. The summed E-state index contributed by atoms with van der Waals surface area (Å²) in [6, 6.07) is 17.2. The second-order valence-electron chi connectivity index (χ2n) is 6.19. The molecule has 0 spiro atoms. The summed E-state index contributed by atoms with van der Waals surface area (Å²) in [6.07, 6.45) is 0. The topological polar surface area (TPSA) is 59.0 Å². The number of benzene rings is 2. The lowest BCUT2D eigenvalue weighted by atomic mass is 9.98. The quantitative estimate of drug-likeness (QED) is 0.729. The molecule has 0 saturated heterocycles. The molecule has 1 heterocycles. The van der Waals surface area contributed by atoms with Crippen molar-refractivity contribution in [1.29, 1.82) is 0 Å². The van der Waals surface area contributed by atoms with Gasteiger partial charge in [-0.3, -0.25) is 0 Å². The molecule has 0 unspecified atom stereocenters. The average molecular weight is 405 g/mol. The number of sulfonamides is 1. The van der Waals surface area contributed by atoms with E-state index in [1.54, 1.807) is 7.11 Å². The standard InChI is InChI=1S/C20H24N2O3S2/c1-4-22(5-2)19-18(15-11-13-16(25-3)14-12-15)20(27(23,24)21-19)26-17-9-7-6-8-10-17/h6-14,18,20H,4-5H2,1-3H3/t18-,20+/m1/s1. The van der Waals surface area contributed by atoms with E-state index in [0.717, 1.165) is 16.2 Å². The van der Waals surface area contributed by atoms with Crippen LogP contribution in [0.4, 0.5) is 0 Å². The number of amidine groups is 1. The summed E-state index contributed by atoms with van der Waals surface area (Å²) in [5.41, 5.74) is 0.927. The van der Waals surface area contributed by atoms with E-state index >= 15 is 0 Å². The maximum atomic E-state index is 13.0. The summed E-state index contributed by atoms with van der Waals surface area (Å²) >= 11 is 1.35. The Labute approximate surface area is 165 Å².